The van der Waals surface area contributed by atoms with Crippen molar-refractivity contribution in [3.8, 4) is 0 Å². The average molecular weight is 399 g/mol. The minimum Gasteiger partial charge on any atom is -0.320 e. The van der Waals surface area contributed by atoms with Gasteiger partial charge in [-0.15, -0.1) is 24.2 Å². The quantitative estimate of drug-likeness (QED) is 0.762. The number of para-hydroxylation sites is 1. The Balaban J connectivity index is 0.00000225. The zero-order valence-electron chi connectivity index (χ0n) is 14.3. The Bertz CT molecular complexity index is 810. The van der Waals surface area contributed by atoms with Gasteiger partial charge in [0.15, 0.2) is 0 Å². The van der Waals surface area contributed by atoms with Crippen molar-refractivity contribution >= 4 is 45.6 Å². The number of nitrogens with zero attached hydrogens (tertiary/aromatic N) is 1. The molecule has 1 N–H and O–H groups in total. The molecule has 1 heterocycles. The van der Waals surface area contributed by atoms with Crippen molar-refractivity contribution in [1.82, 2.24) is 5.32 Å². The molecule has 3 rings (SSSR count). The lowest BCUT2D eigenvalue weighted by atomic mass is 10.2. The number of benzene rings is 2. The van der Waals surface area contributed by atoms with Crippen molar-refractivity contribution in [1.29, 1.82) is 0 Å². The number of fused-ring (bicyclic) bond motifs is 1. The molecular weight excluding hydrogens is 376 g/mol. The highest BCUT2D eigenvalue weighted by Crippen LogP contribution is 2.47. The van der Waals surface area contributed by atoms with E-state index in [0.29, 0.717) is 12.1 Å². The molecule has 1 aliphatic heterocycles. The van der Waals surface area contributed by atoms with Gasteiger partial charge in [-0.05, 0) is 57.6 Å². The molecule has 1 unspecified atom stereocenters. The van der Waals surface area contributed by atoms with E-state index >= 15 is 0 Å². The maximum atomic E-state index is 13.2. The SMILES string of the molecule is CNCCCC1Sc2ccccc2N(c2ccc(C)cc2)S1(=O)=O.Cl. The molecule has 1 atom stereocenters. The Hall–Kier alpha value is -1.21. The van der Waals surface area contributed by atoms with Gasteiger partial charge in [0.1, 0.15) is 4.58 Å². The van der Waals surface area contributed by atoms with E-state index in [1.54, 1.807) is 0 Å². The van der Waals surface area contributed by atoms with Gasteiger partial charge in [-0.3, -0.25) is 0 Å². The molecule has 4 nitrogen and oxygen atoms in total. The number of halogens is 1. The molecule has 0 saturated carbocycles. The van der Waals surface area contributed by atoms with E-state index in [1.807, 2.05) is 62.5 Å². The first-order valence-electron chi connectivity index (χ1n) is 8.05. The molecular formula is C18H23ClN2O2S2. The standard InChI is InChI=1S/C18H22N2O2S2.ClH/c1-14-9-11-15(12-10-14)20-16-6-3-4-7-17(16)23-18(24(20,21)22)8-5-13-19-2;/h3-4,6-7,9-12,18-19H,5,8,13H2,1-2H3;1H. The van der Waals surface area contributed by atoms with Crippen LogP contribution < -0.4 is 9.62 Å². The molecule has 0 radical (unpaired) electrons. The predicted octanol–water partition coefficient (Wildman–Crippen LogP) is 4.32. The van der Waals surface area contributed by atoms with Crippen LogP contribution in [0, 0.1) is 6.92 Å². The van der Waals surface area contributed by atoms with E-state index in [0.717, 1.165) is 29.1 Å². The van der Waals surface area contributed by atoms with E-state index in [-0.39, 0.29) is 12.4 Å². The topological polar surface area (TPSA) is 49.4 Å². The summed E-state index contributed by atoms with van der Waals surface area (Å²) in [5.74, 6) is 0. The van der Waals surface area contributed by atoms with Crippen molar-refractivity contribution in [2.75, 3.05) is 17.9 Å². The second-order valence-electron chi connectivity index (χ2n) is 5.91. The summed E-state index contributed by atoms with van der Waals surface area (Å²) in [6.45, 7) is 2.82. The van der Waals surface area contributed by atoms with E-state index < -0.39 is 14.6 Å². The van der Waals surface area contributed by atoms with E-state index in [9.17, 15) is 8.42 Å². The van der Waals surface area contributed by atoms with E-state index in [2.05, 4.69) is 5.32 Å². The summed E-state index contributed by atoms with van der Waals surface area (Å²) in [7, 11) is -1.57. The Labute approximate surface area is 160 Å². The lowest BCUT2D eigenvalue weighted by Gasteiger charge is -2.35. The molecule has 0 spiro atoms. The molecule has 2 aromatic rings. The predicted molar refractivity (Wildman–Crippen MR) is 109 cm³/mol. The number of aryl methyl sites for hydroxylation is 1. The number of hydrogen-bond donors (Lipinski definition) is 1. The van der Waals surface area contributed by atoms with Crippen LogP contribution in [-0.4, -0.2) is 26.6 Å². The first-order valence-corrected chi connectivity index (χ1v) is 10.4. The van der Waals surface area contributed by atoms with Gasteiger partial charge < -0.3 is 5.32 Å². The third kappa shape index (κ3) is 4.14. The summed E-state index contributed by atoms with van der Waals surface area (Å²) in [6, 6.07) is 15.4. The fourth-order valence-corrected chi connectivity index (χ4v) is 6.47. The summed E-state index contributed by atoms with van der Waals surface area (Å²) in [5.41, 5.74) is 2.56. The minimum atomic E-state index is -3.46. The molecule has 0 aromatic heterocycles. The van der Waals surface area contributed by atoms with Gasteiger partial charge in [0, 0.05) is 4.90 Å². The van der Waals surface area contributed by atoms with Crippen LogP contribution in [0.3, 0.4) is 0 Å². The Morgan fingerprint density at radius 3 is 2.48 bits per heavy atom. The molecule has 136 valence electrons. The third-order valence-electron chi connectivity index (χ3n) is 4.06. The van der Waals surface area contributed by atoms with Gasteiger partial charge >= 0.3 is 0 Å². The normalized spacial score (nSPS) is 18.3. The summed E-state index contributed by atoms with van der Waals surface area (Å²) < 4.78 is 27.5. The molecule has 25 heavy (non-hydrogen) atoms. The van der Waals surface area contributed by atoms with Gasteiger partial charge in [0.2, 0.25) is 0 Å². The van der Waals surface area contributed by atoms with Crippen LogP contribution in [0.5, 0.6) is 0 Å². The van der Waals surface area contributed by atoms with Crippen LogP contribution in [0.15, 0.2) is 53.4 Å². The lowest BCUT2D eigenvalue weighted by Crippen LogP contribution is -2.37. The number of anilines is 2. The summed E-state index contributed by atoms with van der Waals surface area (Å²) >= 11 is 1.46. The molecule has 1 aliphatic rings. The van der Waals surface area contributed by atoms with E-state index in [4.69, 9.17) is 0 Å². The summed E-state index contributed by atoms with van der Waals surface area (Å²) in [4.78, 5) is 1.02. The van der Waals surface area contributed by atoms with Gasteiger partial charge in [0.05, 0.1) is 11.4 Å². The highest BCUT2D eigenvalue weighted by Gasteiger charge is 2.39. The molecule has 0 aliphatic carbocycles. The van der Waals surface area contributed by atoms with Gasteiger partial charge in [-0.2, -0.15) is 0 Å². The largest absolute Gasteiger partial charge is 0.320 e. The molecule has 7 heteroatoms. The van der Waals surface area contributed by atoms with Crippen LogP contribution >= 0.6 is 24.2 Å². The Morgan fingerprint density at radius 2 is 1.80 bits per heavy atom. The molecule has 0 fully saturated rings. The smallest absolute Gasteiger partial charge is 0.252 e. The van der Waals surface area contributed by atoms with Crippen molar-refractivity contribution < 1.29 is 8.42 Å². The first-order chi connectivity index (χ1) is 11.5. The fraction of sp³-hybridized carbons (Fsp3) is 0.333. The minimum absolute atomic E-state index is 0. The van der Waals surface area contributed by atoms with Gasteiger partial charge in [-0.1, -0.05) is 29.8 Å². The second kappa shape index (κ2) is 8.45. The van der Waals surface area contributed by atoms with Crippen LogP contribution in [0.2, 0.25) is 0 Å². The highest BCUT2D eigenvalue weighted by molar-refractivity contribution is 8.14. The van der Waals surface area contributed by atoms with Crippen molar-refractivity contribution in [2.45, 2.75) is 29.2 Å². The number of sulfonamides is 1. The summed E-state index contributed by atoms with van der Waals surface area (Å²) in [6.07, 6.45) is 1.46. The zero-order chi connectivity index (χ0) is 17.2. The Kier molecular flexibility index (Phi) is 6.79. The molecule has 0 saturated heterocycles. The molecule has 0 amide bonds. The number of rotatable bonds is 5. The Morgan fingerprint density at radius 1 is 1.12 bits per heavy atom. The van der Waals surface area contributed by atoms with Crippen LogP contribution in [0.1, 0.15) is 18.4 Å². The van der Waals surface area contributed by atoms with Gasteiger partial charge in [-0.25, -0.2) is 12.7 Å². The van der Waals surface area contributed by atoms with E-state index in [1.165, 1.54) is 16.1 Å². The van der Waals surface area contributed by atoms with Gasteiger partial charge in [0.25, 0.3) is 10.0 Å². The van der Waals surface area contributed by atoms with Crippen molar-refractivity contribution in [3.63, 3.8) is 0 Å². The van der Waals surface area contributed by atoms with Crippen LogP contribution in [-0.2, 0) is 10.0 Å². The monoisotopic (exact) mass is 398 g/mol. The van der Waals surface area contributed by atoms with Crippen molar-refractivity contribution in [2.24, 2.45) is 0 Å². The third-order valence-corrected chi connectivity index (χ3v) is 8.00. The number of nitrogens with one attached hydrogen (secondary N) is 1. The highest BCUT2D eigenvalue weighted by atomic mass is 35.5. The average Bonchev–Trinajstić information content (AvgIpc) is 2.56. The maximum absolute atomic E-state index is 13.2. The first kappa shape index (κ1) is 20.1. The maximum Gasteiger partial charge on any atom is 0.252 e. The lowest BCUT2D eigenvalue weighted by molar-refractivity contribution is 0.584. The van der Waals surface area contributed by atoms with Crippen molar-refractivity contribution in [3.05, 3.63) is 54.1 Å². The van der Waals surface area contributed by atoms with Crippen LogP contribution in [0.25, 0.3) is 0 Å². The molecule has 2 aromatic carbocycles. The number of thioether (sulfide) groups is 1. The summed E-state index contributed by atoms with van der Waals surface area (Å²) in [5, 5.41) is 3.09. The fourth-order valence-electron chi connectivity index (χ4n) is 2.80. The zero-order valence-corrected chi connectivity index (χ0v) is 16.8. The molecule has 0 bridgehead atoms. The second-order valence-corrected chi connectivity index (χ2v) is 9.41. The van der Waals surface area contributed by atoms with Crippen LogP contribution in [0.4, 0.5) is 11.4 Å². The number of hydrogen-bond acceptors (Lipinski definition) is 4.